The summed E-state index contributed by atoms with van der Waals surface area (Å²) in [5.41, 5.74) is 0.618. The molecule has 1 fully saturated rings. The van der Waals surface area contributed by atoms with Gasteiger partial charge in [-0.2, -0.15) is 0 Å². The number of carbonyl (C=O) groups excluding carboxylic acids is 3. The smallest absolute Gasteiger partial charge is 0.329 e. The summed E-state index contributed by atoms with van der Waals surface area (Å²) in [6.07, 6.45) is 0.682. The van der Waals surface area contributed by atoms with Crippen LogP contribution in [0.5, 0.6) is 0 Å². The SMILES string of the molecule is O=C(COC(=O)[C@@H]1CCC(=O)N1)Nc1ccccc1Sc1ccc(Cl)cc1. The lowest BCUT2D eigenvalue weighted by molar-refractivity contribution is -0.149. The molecule has 2 amide bonds. The summed E-state index contributed by atoms with van der Waals surface area (Å²) in [5.74, 6) is -1.23. The number of rotatable bonds is 6. The van der Waals surface area contributed by atoms with Crippen molar-refractivity contribution in [2.45, 2.75) is 28.7 Å². The predicted molar refractivity (Wildman–Crippen MR) is 103 cm³/mol. The first kappa shape index (κ1) is 19.3. The van der Waals surface area contributed by atoms with Gasteiger partial charge in [0.15, 0.2) is 6.61 Å². The first-order valence-electron chi connectivity index (χ1n) is 8.29. The minimum absolute atomic E-state index is 0.186. The number of halogens is 1. The van der Waals surface area contributed by atoms with E-state index in [-0.39, 0.29) is 5.91 Å². The van der Waals surface area contributed by atoms with E-state index in [9.17, 15) is 14.4 Å². The van der Waals surface area contributed by atoms with Gasteiger partial charge in [-0.3, -0.25) is 9.59 Å². The van der Waals surface area contributed by atoms with Crippen molar-refractivity contribution in [1.82, 2.24) is 5.32 Å². The van der Waals surface area contributed by atoms with E-state index in [1.807, 2.05) is 30.3 Å². The minimum atomic E-state index is -0.668. The Morgan fingerprint density at radius 2 is 1.93 bits per heavy atom. The predicted octanol–water partition coefficient (Wildman–Crippen LogP) is 3.25. The average molecular weight is 405 g/mol. The lowest BCUT2D eigenvalue weighted by Crippen LogP contribution is -2.36. The molecule has 140 valence electrons. The van der Waals surface area contributed by atoms with Crippen molar-refractivity contribution in [3.05, 3.63) is 53.6 Å². The standard InChI is InChI=1S/C19H17ClN2O4S/c20-12-5-7-13(8-6-12)27-16-4-2-1-3-14(16)21-18(24)11-26-19(25)15-9-10-17(23)22-15/h1-8,15H,9-11H2,(H,21,24)(H,22,23)/t15-/m0/s1. The van der Waals surface area contributed by atoms with Gasteiger partial charge >= 0.3 is 5.97 Å². The van der Waals surface area contributed by atoms with Gasteiger partial charge in [-0.05, 0) is 42.8 Å². The van der Waals surface area contributed by atoms with Crippen LogP contribution in [0, 0.1) is 0 Å². The molecule has 1 heterocycles. The second-order valence-electron chi connectivity index (χ2n) is 5.87. The van der Waals surface area contributed by atoms with E-state index < -0.39 is 24.5 Å². The lowest BCUT2D eigenvalue weighted by Gasteiger charge is -2.12. The van der Waals surface area contributed by atoms with Gasteiger partial charge in [-0.15, -0.1) is 0 Å². The highest BCUT2D eigenvalue weighted by molar-refractivity contribution is 7.99. The molecule has 0 radical (unpaired) electrons. The molecule has 8 heteroatoms. The highest BCUT2D eigenvalue weighted by Gasteiger charge is 2.28. The van der Waals surface area contributed by atoms with E-state index in [2.05, 4.69) is 10.6 Å². The fourth-order valence-electron chi connectivity index (χ4n) is 2.50. The van der Waals surface area contributed by atoms with Crippen molar-refractivity contribution in [1.29, 1.82) is 0 Å². The molecule has 2 aromatic rings. The van der Waals surface area contributed by atoms with Gasteiger partial charge in [-0.1, -0.05) is 35.5 Å². The Bertz CT molecular complexity index is 857. The molecule has 0 bridgehead atoms. The van der Waals surface area contributed by atoms with Crippen LogP contribution < -0.4 is 10.6 Å². The summed E-state index contributed by atoms with van der Waals surface area (Å²) >= 11 is 7.38. The molecule has 0 spiro atoms. The molecule has 0 unspecified atom stereocenters. The third-order valence-corrected chi connectivity index (χ3v) is 5.16. The maximum Gasteiger partial charge on any atom is 0.329 e. The number of anilines is 1. The van der Waals surface area contributed by atoms with Crippen LogP contribution in [0.25, 0.3) is 0 Å². The number of nitrogens with one attached hydrogen (secondary N) is 2. The highest BCUT2D eigenvalue weighted by atomic mass is 35.5. The fourth-order valence-corrected chi connectivity index (χ4v) is 3.53. The Kier molecular flexibility index (Phi) is 6.36. The Labute approximate surface area is 165 Å². The summed E-state index contributed by atoms with van der Waals surface area (Å²) in [6.45, 7) is -0.412. The molecular formula is C19H17ClN2O4S. The number of ether oxygens (including phenoxy) is 1. The summed E-state index contributed by atoms with van der Waals surface area (Å²) in [5, 5.41) is 5.91. The van der Waals surface area contributed by atoms with Crippen molar-refractivity contribution in [2.24, 2.45) is 0 Å². The second kappa shape index (κ2) is 8.92. The Balaban J connectivity index is 1.57. The largest absolute Gasteiger partial charge is 0.454 e. The fraction of sp³-hybridized carbons (Fsp3) is 0.211. The van der Waals surface area contributed by atoms with Gasteiger partial charge < -0.3 is 15.4 Å². The van der Waals surface area contributed by atoms with Crippen LogP contribution in [0.2, 0.25) is 5.02 Å². The Hall–Kier alpha value is -2.51. The van der Waals surface area contributed by atoms with Gasteiger partial charge in [0.2, 0.25) is 5.91 Å². The normalized spacial score (nSPS) is 15.9. The average Bonchev–Trinajstić information content (AvgIpc) is 3.10. The first-order chi connectivity index (χ1) is 13.0. The van der Waals surface area contributed by atoms with Crippen LogP contribution in [0.15, 0.2) is 58.3 Å². The third kappa shape index (κ3) is 5.48. The molecule has 27 heavy (non-hydrogen) atoms. The number of hydrogen-bond acceptors (Lipinski definition) is 5. The van der Waals surface area contributed by atoms with E-state index in [4.69, 9.17) is 16.3 Å². The number of para-hydroxylation sites is 1. The number of esters is 1. The maximum absolute atomic E-state index is 12.1. The van der Waals surface area contributed by atoms with Crippen LogP contribution in [0.4, 0.5) is 5.69 Å². The molecule has 1 aliphatic rings. The quantitative estimate of drug-likeness (QED) is 0.722. The van der Waals surface area contributed by atoms with E-state index in [1.165, 1.54) is 11.8 Å². The van der Waals surface area contributed by atoms with Gasteiger partial charge in [0, 0.05) is 21.2 Å². The molecule has 3 rings (SSSR count). The molecule has 1 aliphatic heterocycles. The molecular weight excluding hydrogens is 388 g/mol. The molecule has 2 aromatic carbocycles. The first-order valence-corrected chi connectivity index (χ1v) is 9.49. The summed E-state index contributed by atoms with van der Waals surface area (Å²) in [4.78, 5) is 37.0. The number of benzene rings is 2. The number of carbonyl (C=O) groups is 3. The van der Waals surface area contributed by atoms with Crippen molar-refractivity contribution in [2.75, 3.05) is 11.9 Å². The van der Waals surface area contributed by atoms with E-state index >= 15 is 0 Å². The molecule has 6 nitrogen and oxygen atoms in total. The van der Waals surface area contributed by atoms with Gasteiger partial charge in [0.05, 0.1) is 5.69 Å². The topological polar surface area (TPSA) is 84.5 Å². The Morgan fingerprint density at radius 3 is 2.63 bits per heavy atom. The van der Waals surface area contributed by atoms with E-state index in [0.717, 1.165) is 9.79 Å². The van der Waals surface area contributed by atoms with Crippen LogP contribution in [-0.4, -0.2) is 30.4 Å². The zero-order valence-corrected chi connectivity index (χ0v) is 15.8. The van der Waals surface area contributed by atoms with Crippen molar-refractivity contribution in [3.8, 4) is 0 Å². The van der Waals surface area contributed by atoms with Crippen molar-refractivity contribution in [3.63, 3.8) is 0 Å². The third-order valence-electron chi connectivity index (χ3n) is 3.83. The zero-order chi connectivity index (χ0) is 19.2. The maximum atomic E-state index is 12.1. The number of hydrogen-bond donors (Lipinski definition) is 2. The second-order valence-corrected chi connectivity index (χ2v) is 7.42. The van der Waals surface area contributed by atoms with Crippen molar-refractivity contribution < 1.29 is 19.1 Å². The van der Waals surface area contributed by atoms with Crippen LogP contribution >= 0.6 is 23.4 Å². The lowest BCUT2D eigenvalue weighted by atomic mass is 10.2. The zero-order valence-electron chi connectivity index (χ0n) is 14.2. The summed E-state index contributed by atoms with van der Waals surface area (Å²) < 4.78 is 4.99. The number of amides is 2. The van der Waals surface area contributed by atoms with Gasteiger partial charge in [0.25, 0.3) is 5.91 Å². The summed E-state index contributed by atoms with van der Waals surface area (Å²) in [6, 6.07) is 14.0. The molecule has 0 aromatic heterocycles. The van der Waals surface area contributed by atoms with E-state index in [1.54, 1.807) is 18.2 Å². The molecule has 0 aliphatic carbocycles. The molecule has 0 saturated carbocycles. The van der Waals surface area contributed by atoms with Crippen molar-refractivity contribution >= 4 is 46.8 Å². The monoisotopic (exact) mass is 404 g/mol. The Morgan fingerprint density at radius 1 is 1.19 bits per heavy atom. The molecule has 1 saturated heterocycles. The van der Waals surface area contributed by atoms with Gasteiger partial charge in [0.1, 0.15) is 6.04 Å². The van der Waals surface area contributed by atoms with E-state index in [0.29, 0.717) is 23.6 Å². The van der Waals surface area contributed by atoms with Crippen LogP contribution in [0.1, 0.15) is 12.8 Å². The summed E-state index contributed by atoms with van der Waals surface area (Å²) in [7, 11) is 0. The molecule has 1 atom stereocenters. The van der Waals surface area contributed by atoms with Crippen LogP contribution in [0.3, 0.4) is 0 Å². The van der Waals surface area contributed by atoms with Crippen LogP contribution in [-0.2, 0) is 19.1 Å². The minimum Gasteiger partial charge on any atom is -0.454 e. The molecule has 2 N–H and O–H groups in total. The van der Waals surface area contributed by atoms with Gasteiger partial charge in [-0.25, -0.2) is 4.79 Å². The highest BCUT2D eigenvalue weighted by Crippen LogP contribution is 2.33.